The molecule has 0 amide bonds. The van der Waals surface area contributed by atoms with Gasteiger partial charge in [0, 0.05) is 25.0 Å². The van der Waals surface area contributed by atoms with Gasteiger partial charge in [-0.05, 0) is 99.4 Å². The molecule has 12 heteroatoms. The first-order chi connectivity index (χ1) is 22.8. The van der Waals surface area contributed by atoms with Gasteiger partial charge in [0.15, 0.2) is 12.6 Å². The summed E-state index contributed by atoms with van der Waals surface area (Å²) in [6.07, 6.45) is 1.91. The average molecular weight is 681 g/mol. The molecule has 0 spiro atoms. The molecule has 0 unspecified atom stereocenters. The molecular weight excluding hydrogens is 624 g/mol. The summed E-state index contributed by atoms with van der Waals surface area (Å²) in [6.45, 7) is 6.40. The molecule has 0 aromatic carbocycles. The zero-order valence-corrected chi connectivity index (χ0v) is 28.7. The quantitative estimate of drug-likeness (QED) is 0.196. The molecule has 12 nitrogen and oxygen atoms in total. The molecule has 272 valence electrons. The number of fused-ring (bicyclic) bond motifs is 5. The third kappa shape index (κ3) is 5.61. The molecule has 0 radical (unpaired) electrons. The molecule has 5 N–H and O–H groups in total. The van der Waals surface area contributed by atoms with Crippen LogP contribution in [0, 0.1) is 34.5 Å². The van der Waals surface area contributed by atoms with E-state index in [-0.39, 0.29) is 34.7 Å². The van der Waals surface area contributed by atoms with Gasteiger partial charge in [0.1, 0.15) is 37.1 Å². The lowest BCUT2D eigenvalue weighted by molar-refractivity contribution is -0.345. The Bertz CT molecular complexity index is 1230. The number of hydrogen-bond donors (Lipinski definition) is 5. The molecule has 2 saturated heterocycles. The van der Waals surface area contributed by atoms with Crippen molar-refractivity contribution in [3.05, 3.63) is 11.6 Å². The van der Waals surface area contributed by atoms with Crippen LogP contribution < -0.4 is 0 Å². The minimum absolute atomic E-state index is 0.0388. The lowest BCUT2D eigenvalue weighted by Gasteiger charge is -2.64. The number of carbonyl (C=O) groups is 1. The predicted molar refractivity (Wildman–Crippen MR) is 169 cm³/mol. The maximum atomic E-state index is 12.5. The van der Waals surface area contributed by atoms with Crippen molar-refractivity contribution in [1.82, 2.24) is 0 Å². The summed E-state index contributed by atoms with van der Waals surface area (Å²) in [5.74, 6) is 1.14. The molecule has 6 fully saturated rings. The second-order valence-corrected chi connectivity index (χ2v) is 16.4. The maximum absolute atomic E-state index is 12.5. The molecule has 7 aliphatic rings. The Morgan fingerprint density at radius 3 is 2.42 bits per heavy atom. The molecule has 0 aromatic heterocycles. The van der Waals surface area contributed by atoms with Crippen molar-refractivity contribution in [2.75, 3.05) is 20.3 Å². The van der Waals surface area contributed by atoms with Crippen LogP contribution in [0.4, 0.5) is 0 Å². The van der Waals surface area contributed by atoms with Crippen LogP contribution in [0.1, 0.15) is 85.0 Å². The van der Waals surface area contributed by atoms with Crippen LogP contribution in [-0.4, -0.2) is 119 Å². The fraction of sp³-hybridized carbons (Fsp3) is 0.917. The summed E-state index contributed by atoms with van der Waals surface area (Å²) >= 11 is 0. The normalized spacial score (nSPS) is 53.8. The Morgan fingerprint density at radius 2 is 1.71 bits per heavy atom. The summed E-state index contributed by atoms with van der Waals surface area (Å²) in [4.78, 5) is 11.9. The zero-order valence-electron chi connectivity index (χ0n) is 28.7. The van der Waals surface area contributed by atoms with Crippen LogP contribution in [-0.2, 0) is 33.2 Å². The highest BCUT2D eigenvalue weighted by molar-refractivity contribution is 5.85. The predicted octanol–water partition coefficient (Wildman–Crippen LogP) is 1.96. The second kappa shape index (κ2) is 13.1. The number of aliphatic hydroxyl groups excluding tert-OH is 4. The highest BCUT2D eigenvalue weighted by atomic mass is 16.7. The topological polar surface area (TPSA) is 174 Å². The number of cyclic esters (lactones) is 1. The zero-order chi connectivity index (χ0) is 34.2. The number of aliphatic hydroxyl groups is 5. The number of esters is 1. The fourth-order valence-electron chi connectivity index (χ4n) is 11.6. The minimum Gasteiger partial charge on any atom is -0.458 e. The van der Waals surface area contributed by atoms with Crippen LogP contribution in [0.3, 0.4) is 0 Å². The number of methoxy groups -OCH3 is 1. The largest absolute Gasteiger partial charge is 0.458 e. The number of carbonyl (C=O) groups excluding carboxylic acids is 1. The van der Waals surface area contributed by atoms with E-state index in [2.05, 4.69) is 13.8 Å². The fourth-order valence-corrected chi connectivity index (χ4v) is 11.6. The van der Waals surface area contributed by atoms with Crippen molar-refractivity contribution in [2.24, 2.45) is 34.5 Å². The highest BCUT2D eigenvalue weighted by Gasteiger charge is 2.67. The van der Waals surface area contributed by atoms with Gasteiger partial charge in [-0.1, -0.05) is 13.8 Å². The molecule has 3 aliphatic heterocycles. The maximum Gasteiger partial charge on any atom is 0.331 e. The first-order valence-corrected chi connectivity index (χ1v) is 18.2. The van der Waals surface area contributed by atoms with Gasteiger partial charge in [-0.2, -0.15) is 0 Å². The standard InChI is InChI=1S/C36H56O12/c1-18-32(48-33-31(41)30(40)29(39)26(16-37)47-33)25(43-4)15-28(45-18)46-21-7-10-34(2)20(14-21)5-6-24-23(34)8-11-35(3)22(9-12-36(24,35)42)19-13-27(38)44-17-19/h13,18,20-26,28-33,37,39-42H,5-12,14-17H2,1-4H3/t18-,20-,21+,22-,23+,24-,25-,26-,28+,29-,30+,31-,32+,33+,34+,35-,36+/m1/s1. The van der Waals surface area contributed by atoms with Gasteiger partial charge in [0.05, 0.1) is 30.5 Å². The van der Waals surface area contributed by atoms with Crippen LogP contribution in [0.15, 0.2) is 11.6 Å². The number of ether oxygens (including phenoxy) is 6. The van der Waals surface area contributed by atoms with E-state index in [0.29, 0.717) is 24.9 Å². The van der Waals surface area contributed by atoms with Gasteiger partial charge in [-0.15, -0.1) is 0 Å². The molecule has 4 aliphatic carbocycles. The Kier molecular flexibility index (Phi) is 9.61. The Balaban J connectivity index is 0.971. The van der Waals surface area contributed by atoms with Crippen molar-refractivity contribution >= 4 is 5.97 Å². The summed E-state index contributed by atoms with van der Waals surface area (Å²) in [5, 5.41) is 52.9. The molecule has 3 heterocycles. The van der Waals surface area contributed by atoms with Crippen LogP contribution >= 0.6 is 0 Å². The lowest BCUT2D eigenvalue weighted by Crippen LogP contribution is -2.62. The Labute approximate surface area is 283 Å². The van der Waals surface area contributed by atoms with E-state index >= 15 is 0 Å². The molecular formula is C36H56O12. The first-order valence-electron chi connectivity index (χ1n) is 18.2. The van der Waals surface area contributed by atoms with Crippen LogP contribution in [0.2, 0.25) is 0 Å². The van der Waals surface area contributed by atoms with Crippen molar-refractivity contribution in [3.8, 4) is 0 Å². The van der Waals surface area contributed by atoms with Crippen LogP contribution in [0.5, 0.6) is 0 Å². The monoisotopic (exact) mass is 680 g/mol. The van der Waals surface area contributed by atoms with E-state index in [0.717, 1.165) is 63.4 Å². The summed E-state index contributed by atoms with van der Waals surface area (Å²) in [7, 11) is 1.58. The average Bonchev–Trinajstić information content (AvgIpc) is 3.61. The van der Waals surface area contributed by atoms with Crippen LogP contribution in [0.25, 0.3) is 0 Å². The van der Waals surface area contributed by atoms with Gasteiger partial charge in [-0.25, -0.2) is 4.79 Å². The van der Waals surface area contributed by atoms with Crippen molar-refractivity contribution in [2.45, 2.75) is 152 Å². The number of hydrogen-bond acceptors (Lipinski definition) is 12. The molecule has 48 heavy (non-hydrogen) atoms. The third-order valence-corrected chi connectivity index (χ3v) is 14.3. The van der Waals surface area contributed by atoms with E-state index in [1.807, 2.05) is 6.92 Å². The van der Waals surface area contributed by atoms with Gasteiger partial charge in [0.2, 0.25) is 0 Å². The summed E-state index contributed by atoms with van der Waals surface area (Å²) in [5.41, 5.74) is 0.221. The second-order valence-electron chi connectivity index (χ2n) is 16.4. The van der Waals surface area contributed by atoms with Crippen molar-refractivity contribution in [1.29, 1.82) is 0 Å². The highest BCUT2D eigenvalue weighted by Crippen LogP contribution is 2.70. The smallest absolute Gasteiger partial charge is 0.331 e. The molecule has 17 atom stereocenters. The van der Waals surface area contributed by atoms with E-state index in [1.165, 1.54) is 0 Å². The summed E-state index contributed by atoms with van der Waals surface area (Å²) in [6, 6.07) is 0. The number of rotatable bonds is 7. The SMILES string of the molecule is CO[C@@H]1C[C@H](O[C@H]2CC[C@@]3(C)[C@H](CC[C@@H]4[C@@H]3CC[C@]3(C)[C@@H](C5=CC(=O)OC5)CC[C@]43O)C2)O[C@H](C)[C@@H]1O[C@@H]1O[C@H](CO)[C@@H](O)[C@H](O)[C@H]1O. The van der Waals surface area contributed by atoms with Gasteiger partial charge in [-0.3, -0.25) is 0 Å². The minimum atomic E-state index is -1.53. The van der Waals surface area contributed by atoms with Crippen molar-refractivity contribution < 1.29 is 58.7 Å². The van der Waals surface area contributed by atoms with Gasteiger partial charge >= 0.3 is 5.97 Å². The first kappa shape index (κ1) is 35.2. The van der Waals surface area contributed by atoms with E-state index in [4.69, 9.17) is 28.4 Å². The van der Waals surface area contributed by atoms with E-state index < -0.39 is 67.5 Å². The van der Waals surface area contributed by atoms with Gasteiger partial charge in [0.25, 0.3) is 0 Å². The third-order valence-electron chi connectivity index (χ3n) is 14.3. The molecule has 0 aromatic rings. The molecule has 4 saturated carbocycles. The molecule has 0 bridgehead atoms. The summed E-state index contributed by atoms with van der Waals surface area (Å²) < 4.78 is 35.6. The molecule has 7 rings (SSSR count). The Hall–Kier alpha value is -1.19. The van der Waals surface area contributed by atoms with E-state index in [9.17, 15) is 30.3 Å². The van der Waals surface area contributed by atoms with E-state index in [1.54, 1.807) is 13.2 Å². The lowest BCUT2D eigenvalue weighted by atomic mass is 9.43. The van der Waals surface area contributed by atoms with Gasteiger partial charge < -0.3 is 54.0 Å². The van der Waals surface area contributed by atoms with Crippen molar-refractivity contribution in [3.63, 3.8) is 0 Å². The Morgan fingerprint density at radius 1 is 0.917 bits per heavy atom.